The van der Waals surface area contributed by atoms with Crippen LogP contribution in [0, 0.1) is 5.92 Å². The maximum absolute atomic E-state index is 11.3. The summed E-state index contributed by atoms with van der Waals surface area (Å²) in [4.78, 5) is 2.31. The summed E-state index contributed by atoms with van der Waals surface area (Å²) in [6.07, 6.45) is 3.60. The number of nitrogens with zero attached hydrogens (tertiary/aromatic N) is 1. The van der Waals surface area contributed by atoms with Crippen LogP contribution in [-0.2, 0) is 9.84 Å². The minimum absolute atomic E-state index is 0.277. The van der Waals surface area contributed by atoms with E-state index in [1.54, 1.807) is 0 Å². The van der Waals surface area contributed by atoms with E-state index in [1.165, 1.54) is 11.8 Å². The Morgan fingerprint density at radius 1 is 1.25 bits per heavy atom. The standard InChI is InChI=1S/C16H25NO2S/c1-3-14-13-17(11-12-20(2,18)19)10-9-16(14)15-7-5-4-6-8-15/h4-8,14,16H,3,9-13H2,1-2H3/t14-,16-/m0/s1. The van der Waals surface area contributed by atoms with Crippen LogP contribution >= 0.6 is 0 Å². The fourth-order valence-electron chi connectivity index (χ4n) is 3.16. The van der Waals surface area contributed by atoms with Crippen LogP contribution in [0.15, 0.2) is 30.3 Å². The van der Waals surface area contributed by atoms with E-state index in [1.807, 2.05) is 0 Å². The lowest BCUT2D eigenvalue weighted by molar-refractivity contribution is 0.157. The zero-order chi connectivity index (χ0) is 14.6. The molecule has 0 unspecified atom stereocenters. The highest BCUT2D eigenvalue weighted by molar-refractivity contribution is 7.90. The van der Waals surface area contributed by atoms with Gasteiger partial charge in [0.1, 0.15) is 9.84 Å². The van der Waals surface area contributed by atoms with Crippen LogP contribution in [0.3, 0.4) is 0 Å². The van der Waals surface area contributed by atoms with Gasteiger partial charge in [0.05, 0.1) is 5.75 Å². The predicted octanol–water partition coefficient (Wildman–Crippen LogP) is 2.55. The minimum atomic E-state index is -2.86. The molecular formula is C16H25NO2S. The Hall–Kier alpha value is -0.870. The number of piperidine rings is 1. The van der Waals surface area contributed by atoms with Crippen molar-refractivity contribution < 1.29 is 8.42 Å². The Kier molecular flexibility index (Phi) is 5.22. The van der Waals surface area contributed by atoms with Crippen LogP contribution in [0.1, 0.15) is 31.2 Å². The zero-order valence-corrected chi connectivity index (χ0v) is 13.3. The Balaban J connectivity index is 1.98. The molecule has 1 aromatic carbocycles. The Bertz CT molecular complexity index is 513. The van der Waals surface area contributed by atoms with E-state index in [2.05, 4.69) is 42.2 Å². The fraction of sp³-hybridized carbons (Fsp3) is 0.625. The van der Waals surface area contributed by atoms with Gasteiger partial charge in [-0.3, -0.25) is 0 Å². The van der Waals surface area contributed by atoms with E-state index < -0.39 is 9.84 Å². The molecule has 0 radical (unpaired) electrons. The van der Waals surface area contributed by atoms with E-state index in [-0.39, 0.29) is 5.75 Å². The van der Waals surface area contributed by atoms with Crippen LogP contribution < -0.4 is 0 Å². The molecule has 2 atom stereocenters. The molecule has 1 heterocycles. The molecule has 1 aliphatic rings. The molecule has 1 aromatic rings. The molecule has 2 rings (SSSR count). The van der Waals surface area contributed by atoms with Crippen molar-refractivity contribution >= 4 is 9.84 Å². The van der Waals surface area contributed by atoms with Crippen molar-refractivity contribution in [3.8, 4) is 0 Å². The van der Waals surface area contributed by atoms with Gasteiger partial charge in [0, 0.05) is 19.3 Å². The van der Waals surface area contributed by atoms with Crippen molar-refractivity contribution in [2.75, 3.05) is 31.6 Å². The van der Waals surface area contributed by atoms with Crippen molar-refractivity contribution in [3.63, 3.8) is 0 Å². The second kappa shape index (κ2) is 6.72. The Labute approximate surface area is 122 Å². The maximum atomic E-state index is 11.3. The molecule has 1 saturated heterocycles. The smallest absolute Gasteiger partial charge is 0.148 e. The van der Waals surface area contributed by atoms with Crippen molar-refractivity contribution in [3.05, 3.63) is 35.9 Å². The normalized spacial score (nSPS) is 24.7. The summed E-state index contributed by atoms with van der Waals surface area (Å²) in [6.45, 7) is 4.94. The molecule has 1 fully saturated rings. The van der Waals surface area contributed by atoms with Gasteiger partial charge in [-0.05, 0) is 30.4 Å². The third kappa shape index (κ3) is 4.32. The van der Waals surface area contributed by atoms with Crippen molar-refractivity contribution in [2.45, 2.75) is 25.7 Å². The summed E-state index contributed by atoms with van der Waals surface area (Å²) < 4.78 is 22.6. The zero-order valence-electron chi connectivity index (χ0n) is 12.5. The monoisotopic (exact) mass is 295 g/mol. The number of likely N-dealkylation sites (tertiary alicyclic amines) is 1. The van der Waals surface area contributed by atoms with Crippen molar-refractivity contribution in [1.29, 1.82) is 0 Å². The van der Waals surface area contributed by atoms with Crippen molar-refractivity contribution in [1.82, 2.24) is 4.90 Å². The lowest BCUT2D eigenvalue weighted by Gasteiger charge is -2.38. The lowest BCUT2D eigenvalue weighted by atomic mass is 9.79. The third-order valence-corrected chi connectivity index (χ3v) is 5.27. The number of hydrogen-bond acceptors (Lipinski definition) is 3. The number of sulfone groups is 1. The molecule has 0 saturated carbocycles. The molecule has 0 spiro atoms. The van der Waals surface area contributed by atoms with Crippen LogP contribution in [0.25, 0.3) is 0 Å². The molecule has 20 heavy (non-hydrogen) atoms. The highest BCUT2D eigenvalue weighted by atomic mass is 32.2. The predicted molar refractivity (Wildman–Crippen MR) is 83.7 cm³/mol. The van der Waals surface area contributed by atoms with Crippen LogP contribution in [0.2, 0.25) is 0 Å². The average molecular weight is 295 g/mol. The average Bonchev–Trinajstić information content (AvgIpc) is 2.45. The fourth-order valence-corrected chi connectivity index (χ4v) is 3.75. The first-order chi connectivity index (χ1) is 9.49. The second-order valence-corrected chi connectivity index (χ2v) is 8.16. The maximum Gasteiger partial charge on any atom is 0.148 e. The highest BCUT2D eigenvalue weighted by Crippen LogP contribution is 2.34. The van der Waals surface area contributed by atoms with Gasteiger partial charge in [-0.1, -0.05) is 43.7 Å². The van der Waals surface area contributed by atoms with Crippen molar-refractivity contribution in [2.24, 2.45) is 5.92 Å². The Morgan fingerprint density at radius 3 is 2.55 bits per heavy atom. The molecule has 3 nitrogen and oxygen atoms in total. The molecule has 0 N–H and O–H groups in total. The molecule has 0 aromatic heterocycles. The highest BCUT2D eigenvalue weighted by Gasteiger charge is 2.29. The summed E-state index contributed by atoms with van der Waals surface area (Å²) in [6, 6.07) is 10.7. The van der Waals surface area contributed by atoms with Gasteiger partial charge in [0.25, 0.3) is 0 Å². The summed E-state index contributed by atoms with van der Waals surface area (Å²) in [5, 5.41) is 0. The summed E-state index contributed by atoms with van der Waals surface area (Å²) >= 11 is 0. The van der Waals surface area contributed by atoms with E-state index in [9.17, 15) is 8.42 Å². The minimum Gasteiger partial charge on any atom is -0.302 e. The van der Waals surface area contributed by atoms with Gasteiger partial charge in [-0.25, -0.2) is 8.42 Å². The second-order valence-electron chi connectivity index (χ2n) is 5.90. The molecule has 1 aliphatic heterocycles. The number of rotatable bonds is 5. The molecule has 112 valence electrons. The first-order valence-electron chi connectivity index (χ1n) is 7.44. The number of hydrogen-bond donors (Lipinski definition) is 0. The lowest BCUT2D eigenvalue weighted by Crippen LogP contribution is -2.41. The SMILES string of the molecule is CC[C@H]1CN(CCS(C)(=O)=O)CC[C@@H]1c1ccccc1. The van der Waals surface area contributed by atoms with Crippen LogP contribution in [-0.4, -0.2) is 45.0 Å². The summed E-state index contributed by atoms with van der Waals surface area (Å²) in [5.74, 6) is 1.53. The first kappa shape index (κ1) is 15.5. The van der Waals surface area contributed by atoms with E-state index >= 15 is 0 Å². The largest absolute Gasteiger partial charge is 0.302 e. The molecule has 0 bridgehead atoms. The summed E-state index contributed by atoms with van der Waals surface area (Å²) in [5.41, 5.74) is 1.43. The van der Waals surface area contributed by atoms with Gasteiger partial charge < -0.3 is 4.90 Å². The van der Waals surface area contributed by atoms with Gasteiger partial charge in [-0.2, -0.15) is 0 Å². The van der Waals surface area contributed by atoms with E-state index in [4.69, 9.17) is 0 Å². The molecule has 4 heteroatoms. The first-order valence-corrected chi connectivity index (χ1v) is 9.50. The molecular weight excluding hydrogens is 270 g/mol. The van der Waals surface area contributed by atoms with E-state index in [0.29, 0.717) is 18.4 Å². The van der Waals surface area contributed by atoms with Gasteiger partial charge in [0.15, 0.2) is 0 Å². The van der Waals surface area contributed by atoms with Gasteiger partial charge in [-0.15, -0.1) is 0 Å². The van der Waals surface area contributed by atoms with Crippen LogP contribution in [0.4, 0.5) is 0 Å². The molecule has 0 amide bonds. The van der Waals surface area contributed by atoms with Crippen LogP contribution in [0.5, 0.6) is 0 Å². The number of benzene rings is 1. The summed E-state index contributed by atoms with van der Waals surface area (Å²) in [7, 11) is -2.86. The van der Waals surface area contributed by atoms with Gasteiger partial charge in [0.2, 0.25) is 0 Å². The third-order valence-electron chi connectivity index (χ3n) is 4.35. The van der Waals surface area contributed by atoms with E-state index in [0.717, 1.165) is 25.9 Å². The topological polar surface area (TPSA) is 37.4 Å². The quantitative estimate of drug-likeness (QED) is 0.838. The molecule has 0 aliphatic carbocycles. The Morgan fingerprint density at radius 2 is 1.95 bits per heavy atom. The van der Waals surface area contributed by atoms with Gasteiger partial charge >= 0.3 is 0 Å².